The van der Waals surface area contributed by atoms with Gasteiger partial charge in [-0.25, -0.2) is 8.42 Å². The highest BCUT2D eigenvalue weighted by Gasteiger charge is 2.04. The van der Waals surface area contributed by atoms with E-state index in [1.165, 1.54) is 18.2 Å². The lowest BCUT2D eigenvalue weighted by Crippen LogP contribution is -2.18. The summed E-state index contributed by atoms with van der Waals surface area (Å²) in [6.45, 7) is 0.327. The van der Waals surface area contributed by atoms with Gasteiger partial charge < -0.3 is 24.4 Å². The van der Waals surface area contributed by atoms with Crippen LogP contribution in [0.25, 0.3) is 0 Å². The van der Waals surface area contributed by atoms with Crippen LogP contribution in [-0.4, -0.2) is 41.9 Å². The number of anilines is 1. The van der Waals surface area contributed by atoms with E-state index in [2.05, 4.69) is 27.9 Å². The monoisotopic (exact) mass is 478 g/mol. The van der Waals surface area contributed by atoms with Gasteiger partial charge in [-0.3, -0.25) is 0 Å². The van der Waals surface area contributed by atoms with Crippen molar-refractivity contribution in [2.45, 2.75) is 11.0 Å². The van der Waals surface area contributed by atoms with Gasteiger partial charge >= 0.3 is 0 Å². The van der Waals surface area contributed by atoms with Crippen molar-refractivity contribution in [3.05, 3.63) is 48.5 Å². The van der Waals surface area contributed by atoms with Gasteiger partial charge in [0, 0.05) is 10.1 Å². The zero-order valence-corrected chi connectivity index (χ0v) is 16.1. The second-order valence-electron chi connectivity index (χ2n) is 5.04. The molecule has 0 aromatic heterocycles. The van der Waals surface area contributed by atoms with E-state index < -0.39 is 16.2 Å². The lowest BCUT2D eigenvalue weighted by Gasteiger charge is -2.12. The first-order valence-electron chi connectivity index (χ1n) is 7.28. The Bertz CT molecular complexity index is 781. The zero-order valence-electron chi connectivity index (χ0n) is 13.1. The fourth-order valence-corrected chi connectivity index (χ4v) is 2.59. The number of rotatable bonds is 9. The average molecular weight is 478 g/mol. The summed E-state index contributed by atoms with van der Waals surface area (Å²) in [7, 11) is -4.50. The first kappa shape index (κ1) is 19.8. The Labute approximate surface area is 159 Å². The van der Waals surface area contributed by atoms with Crippen LogP contribution in [-0.2, 0) is 10.1 Å². The van der Waals surface area contributed by atoms with Gasteiger partial charge in [0.25, 0.3) is 0 Å². The molecular weight excluding hydrogens is 461 g/mol. The van der Waals surface area contributed by atoms with Gasteiger partial charge in [0.05, 0.1) is 11.0 Å². The molecule has 7 nitrogen and oxygen atoms in total. The number of ether oxygens (including phenoxy) is 2. The summed E-state index contributed by atoms with van der Waals surface area (Å²) in [4.78, 5) is -0.333. The molecule has 0 fully saturated rings. The van der Waals surface area contributed by atoms with Gasteiger partial charge in [0.15, 0.2) is 6.73 Å². The van der Waals surface area contributed by atoms with Gasteiger partial charge in [0.1, 0.15) is 28.2 Å². The Morgan fingerprint density at radius 1 is 1.12 bits per heavy atom. The number of halogens is 1. The second kappa shape index (κ2) is 9.22. The van der Waals surface area contributed by atoms with E-state index in [4.69, 9.17) is 9.47 Å². The number of aliphatic hydroxyl groups excluding tert-OH is 1. The number of nitrogens with one attached hydrogen (secondary N) is 1. The first-order valence-corrected chi connectivity index (χ1v) is 10.2. The normalized spacial score (nSPS) is 12.4. The molecule has 0 saturated heterocycles. The van der Waals surface area contributed by atoms with E-state index in [1.54, 1.807) is 30.3 Å². The summed E-state index contributed by atoms with van der Waals surface area (Å²) in [5, 5.41) is 12.4. The van der Waals surface area contributed by atoms with Crippen molar-refractivity contribution < 1.29 is 27.6 Å². The smallest absolute Gasteiger partial charge is 0.159 e. The Hall–Kier alpha value is -1.56. The fourth-order valence-electron chi connectivity index (χ4n) is 1.83. The van der Waals surface area contributed by atoms with Crippen molar-refractivity contribution in [2.75, 3.05) is 23.1 Å². The van der Waals surface area contributed by atoms with Crippen LogP contribution in [0.4, 0.5) is 5.69 Å². The molecule has 1 unspecified atom stereocenters. The van der Waals surface area contributed by atoms with E-state index in [1.807, 2.05) is 0 Å². The highest BCUT2D eigenvalue weighted by Crippen LogP contribution is 2.18. The molecular formula is C16H17INO6S-. The van der Waals surface area contributed by atoms with Crippen LogP contribution in [0.3, 0.4) is 0 Å². The minimum absolute atomic E-state index is 0.0934. The molecule has 0 heterocycles. The van der Waals surface area contributed by atoms with Crippen molar-refractivity contribution in [2.24, 2.45) is 0 Å². The molecule has 0 aliphatic heterocycles. The molecule has 2 N–H and O–H groups in total. The summed E-state index contributed by atoms with van der Waals surface area (Å²) in [6.07, 6.45) is -0.500. The molecule has 0 aliphatic carbocycles. The number of aliphatic hydroxyl groups is 1. The molecule has 25 heavy (non-hydrogen) atoms. The molecule has 0 saturated carbocycles. The predicted octanol–water partition coefficient (Wildman–Crippen LogP) is 2.21. The summed E-state index contributed by atoms with van der Waals surface area (Å²) in [6, 6.07) is 12.5. The summed E-state index contributed by atoms with van der Waals surface area (Å²) in [5.74, 6) is 0.917. The van der Waals surface area contributed by atoms with Gasteiger partial charge in [-0.05, 0) is 42.5 Å². The highest BCUT2D eigenvalue weighted by molar-refractivity contribution is 14.1. The van der Waals surface area contributed by atoms with E-state index in [-0.39, 0.29) is 24.0 Å². The van der Waals surface area contributed by atoms with Crippen molar-refractivity contribution in [3.8, 4) is 11.5 Å². The Morgan fingerprint density at radius 2 is 1.84 bits per heavy atom. The van der Waals surface area contributed by atoms with Crippen molar-refractivity contribution in [3.63, 3.8) is 0 Å². The lowest BCUT2D eigenvalue weighted by atomic mass is 10.3. The predicted molar refractivity (Wildman–Crippen MR) is 100 cm³/mol. The van der Waals surface area contributed by atoms with Crippen molar-refractivity contribution in [1.29, 1.82) is 0 Å². The van der Waals surface area contributed by atoms with Crippen LogP contribution in [0.1, 0.15) is 0 Å². The fraction of sp³-hybridized carbons (Fsp3) is 0.250. The third kappa shape index (κ3) is 6.69. The number of hydrogen-bond acceptors (Lipinski definition) is 7. The van der Waals surface area contributed by atoms with Crippen LogP contribution in [0.5, 0.6) is 11.5 Å². The van der Waals surface area contributed by atoms with E-state index in [0.29, 0.717) is 10.2 Å². The van der Waals surface area contributed by atoms with Crippen LogP contribution < -0.4 is 14.8 Å². The molecule has 1 atom stereocenters. The van der Waals surface area contributed by atoms with Crippen LogP contribution in [0, 0.1) is 0 Å². The van der Waals surface area contributed by atoms with Gasteiger partial charge in [-0.1, -0.05) is 28.7 Å². The minimum Gasteiger partial charge on any atom is -0.744 e. The molecule has 2 aromatic rings. The van der Waals surface area contributed by atoms with E-state index in [0.717, 1.165) is 5.69 Å². The maximum Gasteiger partial charge on any atom is 0.159 e. The maximum absolute atomic E-state index is 11.0. The molecule has 0 spiro atoms. The molecule has 9 heteroatoms. The first-order chi connectivity index (χ1) is 11.9. The van der Waals surface area contributed by atoms with Crippen molar-refractivity contribution >= 4 is 38.4 Å². The maximum atomic E-state index is 11.0. The number of hydrogen-bond donors (Lipinski definition) is 2. The molecule has 0 amide bonds. The van der Waals surface area contributed by atoms with Gasteiger partial charge in [-0.2, -0.15) is 0 Å². The number of benzene rings is 2. The molecule has 0 aliphatic rings. The molecule has 2 aromatic carbocycles. The average Bonchev–Trinajstić information content (AvgIpc) is 2.60. The lowest BCUT2D eigenvalue weighted by molar-refractivity contribution is 0.128. The summed E-state index contributed by atoms with van der Waals surface area (Å²) < 4.78 is 44.3. The van der Waals surface area contributed by atoms with Crippen molar-refractivity contribution in [1.82, 2.24) is 0 Å². The largest absolute Gasteiger partial charge is 0.744 e. The minimum atomic E-state index is -4.50. The van der Waals surface area contributed by atoms with E-state index in [9.17, 15) is 18.1 Å². The molecule has 136 valence electrons. The molecule has 0 bridgehead atoms. The molecule has 0 radical (unpaired) electrons. The van der Waals surface area contributed by atoms with Crippen LogP contribution >= 0.6 is 22.6 Å². The Kier molecular flexibility index (Phi) is 7.29. The summed E-state index contributed by atoms with van der Waals surface area (Å²) in [5.41, 5.74) is 0.773. The third-order valence-electron chi connectivity index (χ3n) is 3.08. The highest BCUT2D eigenvalue weighted by atomic mass is 127. The Morgan fingerprint density at radius 3 is 2.48 bits per heavy atom. The second-order valence-corrected chi connectivity index (χ2v) is 7.30. The van der Waals surface area contributed by atoms with Crippen LogP contribution in [0.2, 0.25) is 0 Å². The Balaban J connectivity index is 1.84. The SMILES string of the molecule is O=S(=O)([O-])c1cccc(OCNc2ccc(OCC(O)CI)cc2)c1. The quantitative estimate of drug-likeness (QED) is 0.246. The third-order valence-corrected chi connectivity index (χ3v) is 4.93. The standard InChI is InChI=1S/C16H18INO6S/c17-9-13(19)10-23-14-6-4-12(5-7-14)18-11-24-15-2-1-3-16(8-15)25(20,21)22/h1-8,13,18-19H,9-11H2,(H,20,21,22)/p-1. The number of alkyl halides is 1. The van der Waals surface area contributed by atoms with Gasteiger partial charge in [-0.15, -0.1) is 0 Å². The van der Waals surface area contributed by atoms with Gasteiger partial charge in [0.2, 0.25) is 0 Å². The summed E-state index contributed by atoms with van der Waals surface area (Å²) >= 11 is 2.08. The topological polar surface area (TPSA) is 108 Å². The zero-order chi connectivity index (χ0) is 18.3. The van der Waals surface area contributed by atoms with Crippen LogP contribution in [0.15, 0.2) is 53.4 Å². The van der Waals surface area contributed by atoms with E-state index >= 15 is 0 Å². The molecule has 2 rings (SSSR count).